The molecule has 0 aliphatic carbocycles. The normalized spacial score (nSPS) is 12.4. The van der Waals surface area contributed by atoms with Gasteiger partial charge >= 0.3 is 5.97 Å². The molecule has 1 N–H and O–H groups in total. The molecule has 0 radical (unpaired) electrons. The second-order valence-electron chi connectivity index (χ2n) is 9.85. The number of hydrogen-bond acceptors (Lipinski definition) is 4. The highest BCUT2D eigenvalue weighted by Crippen LogP contribution is 2.38. The molecular weight excluding hydrogens is 539 g/mol. The Morgan fingerprint density at radius 2 is 1.32 bits per heavy atom. The quantitative estimate of drug-likeness (QED) is 0.194. The van der Waals surface area contributed by atoms with Gasteiger partial charge < -0.3 is 14.6 Å². The Hall–Kier alpha value is -2.54. The topological polar surface area (TPSA) is 55.8 Å². The Balaban J connectivity index is 2.02. The molecule has 0 fully saturated rings. The fourth-order valence-corrected chi connectivity index (χ4v) is 4.63. The van der Waals surface area contributed by atoms with Gasteiger partial charge in [0.05, 0.1) is 0 Å². The van der Waals surface area contributed by atoms with Crippen LogP contribution in [0.2, 0.25) is 0 Å². The van der Waals surface area contributed by atoms with Crippen LogP contribution in [0.15, 0.2) is 48.5 Å². The smallest absolute Gasteiger partial charge is 0.344 e. The Morgan fingerprint density at radius 3 is 1.79 bits per heavy atom. The minimum Gasteiger partial charge on any atom is -0.507 e. The number of benzene rings is 3. The molecule has 0 bridgehead atoms. The van der Waals surface area contributed by atoms with Crippen molar-refractivity contribution in [2.75, 3.05) is 6.61 Å². The fourth-order valence-electron chi connectivity index (χ4n) is 4.27. The summed E-state index contributed by atoms with van der Waals surface area (Å²) in [6.45, 7) is 13.3. The average molecular weight is 572 g/mol. The molecule has 5 heteroatoms. The van der Waals surface area contributed by atoms with Crippen molar-refractivity contribution in [1.82, 2.24) is 0 Å². The lowest BCUT2D eigenvalue weighted by molar-refractivity contribution is -0.157. The third-order valence-electron chi connectivity index (χ3n) is 5.62. The predicted molar refractivity (Wildman–Crippen MR) is 145 cm³/mol. The van der Waals surface area contributed by atoms with Crippen LogP contribution in [0.1, 0.15) is 65.6 Å². The van der Waals surface area contributed by atoms with Gasteiger partial charge in [-0.25, -0.2) is 4.79 Å². The Morgan fingerprint density at radius 1 is 0.853 bits per heavy atom. The van der Waals surface area contributed by atoms with Crippen molar-refractivity contribution in [3.8, 4) is 11.5 Å². The van der Waals surface area contributed by atoms with Crippen molar-refractivity contribution in [1.29, 1.82) is 0 Å². The molecule has 0 amide bonds. The van der Waals surface area contributed by atoms with Gasteiger partial charge in [-0.1, -0.05) is 36.4 Å². The Labute approximate surface area is 216 Å². The van der Waals surface area contributed by atoms with Crippen LogP contribution >= 0.6 is 22.6 Å². The number of phenolic OH excluding ortho intramolecular Hbond substituents is 1. The number of carbonyl (C=O) groups excluding carboxylic acids is 1. The molecule has 180 valence electrons. The van der Waals surface area contributed by atoms with Gasteiger partial charge in [0.2, 0.25) is 0 Å². The van der Waals surface area contributed by atoms with E-state index in [0.717, 1.165) is 33.4 Å². The first-order valence-electron chi connectivity index (χ1n) is 11.4. The van der Waals surface area contributed by atoms with Gasteiger partial charge in [0.15, 0.2) is 6.61 Å². The zero-order valence-electron chi connectivity index (χ0n) is 21.0. The average Bonchev–Trinajstić information content (AvgIpc) is 2.71. The molecule has 0 aliphatic heterocycles. The first-order chi connectivity index (χ1) is 15.9. The maximum Gasteiger partial charge on any atom is 0.344 e. The molecule has 1 unspecified atom stereocenters. The molecule has 3 aromatic carbocycles. The van der Waals surface area contributed by atoms with Crippen LogP contribution in [0.4, 0.5) is 0 Å². The minimum absolute atomic E-state index is 0.00712. The molecule has 0 heterocycles. The van der Waals surface area contributed by atoms with Crippen LogP contribution in [-0.2, 0) is 9.53 Å². The Bertz CT molecular complexity index is 1140. The van der Waals surface area contributed by atoms with Crippen molar-refractivity contribution in [2.24, 2.45) is 0 Å². The van der Waals surface area contributed by atoms with E-state index in [0.29, 0.717) is 11.5 Å². The molecule has 0 saturated heterocycles. The highest BCUT2D eigenvalue weighted by atomic mass is 127. The molecule has 1 atom stereocenters. The molecule has 0 aromatic heterocycles. The van der Waals surface area contributed by atoms with Crippen LogP contribution in [0.25, 0.3) is 0 Å². The number of aryl methyl sites for hydroxylation is 4. The van der Waals surface area contributed by atoms with Crippen LogP contribution in [0.3, 0.4) is 0 Å². The van der Waals surface area contributed by atoms with Gasteiger partial charge in [-0.05, 0) is 122 Å². The molecular formula is C29H33IO4. The van der Waals surface area contributed by atoms with Gasteiger partial charge in [-0.3, -0.25) is 0 Å². The van der Waals surface area contributed by atoms with Crippen molar-refractivity contribution < 1.29 is 19.4 Å². The van der Waals surface area contributed by atoms with Crippen LogP contribution in [-0.4, -0.2) is 23.3 Å². The first-order valence-corrected chi connectivity index (χ1v) is 12.4. The molecule has 34 heavy (non-hydrogen) atoms. The number of halogens is 1. The summed E-state index contributed by atoms with van der Waals surface area (Å²) >= 11 is 2.31. The largest absolute Gasteiger partial charge is 0.507 e. The summed E-state index contributed by atoms with van der Waals surface area (Å²) in [7, 11) is 0. The molecule has 0 aliphatic rings. The van der Waals surface area contributed by atoms with Gasteiger partial charge in [0, 0.05) is 9.49 Å². The number of rotatable bonds is 6. The summed E-state index contributed by atoms with van der Waals surface area (Å²) in [4.78, 5) is 12.2. The lowest BCUT2D eigenvalue weighted by atomic mass is 9.82. The lowest BCUT2D eigenvalue weighted by Crippen LogP contribution is -2.27. The summed E-state index contributed by atoms with van der Waals surface area (Å²) in [5, 5.41) is 10.3. The lowest BCUT2D eigenvalue weighted by Gasteiger charge is -2.23. The SMILES string of the molecule is Cc1cc(C(c2ccc(I)cc2)c2cc(C)c(OCC(=O)OC(C)(C)C)c(C)c2)cc(C)c1O. The van der Waals surface area contributed by atoms with Crippen molar-refractivity contribution in [2.45, 2.75) is 60.0 Å². The maximum atomic E-state index is 12.2. The zero-order valence-corrected chi connectivity index (χ0v) is 23.1. The van der Waals surface area contributed by atoms with E-state index in [-0.39, 0.29) is 18.5 Å². The second kappa shape index (κ2) is 10.4. The number of phenols is 1. The molecule has 4 nitrogen and oxygen atoms in total. The highest BCUT2D eigenvalue weighted by Gasteiger charge is 2.22. The van der Waals surface area contributed by atoms with Gasteiger partial charge in [0.1, 0.15) is 17.1 Å². The third-order valence-corrected chi connectivity index (χ3v) is 6.34. The van der Waals surface area contributed by atoms with Crippen LogP contribution < -0.4 is 4.74 Å². The summed E-state index contributed by atoms with van der Waals surface area (Å²) in [5.74, 6) is 0.645. The number of hydrogen-bond donors (Lipinski definition) is 1. The Kier molecular flexibility index (Phi) is 7.96. The van der Waals surface area contributed by atoms with Crippen molar-refractivity contribution in [3.63, 3.8) is 0 Å². The van der Waals surface area contributed by atoms with Gasteiger partial charge in [-0.2, -0.15) is 0 Å². The number of ether oxygens (including phenoxy) is 2. The number of esters is 1. The van der Waals surface area contributed by atoms with E-state index in [1.54, 1.807) is 0 Å². The summed E-state index contributed by atoms with van der Waals surface area (Å²) in [6.07, 6.45) is 0. The monoisotopic (exact) mass is 572 g/mol. The van der Waals surface area contributed by atoms with Crippen LogP contribution in [0, 0.1) is 31.3 Å². The zero-order chi connectivity index (χ0) is 25.2. The molecule has 3 aromatic rings. The minimum atomic E-state index is -0.546. The molecule has 3 rings (SSSR count). The molecule has 0 saturated carbocycles. The summed E-state index contributed by atoms with van der Waals surface area (Å²) in [5.41, 5.74) is 6.51. The number of aromatic hydroxyl groups is 1. The predicted octanol–water partition coefficient (Wildman–Crippen LogP) is 7.13. The summed E-state index contributed by atoms with van der Waals surface area (Å²) < 4.78 is 12.4. The van der Waals surface area contributed by atoms with Gasteiger partial charge in [-0.15, -0.1) is 0 Å². The summed E-state index contributed by atoms with van der Waals surface area (Å²) in [6, 6.07) is 16.9. The number of carbonyl (C=O) groups is 1. The van der Waals surface area contributed by atoms with Crippen molar-refractivity contribution >= 4 is 28.6 Å². The second-order valence-corrected chi connectivity index (χ2v) is 11.1. The highest BCUT2D eigenvalue weighted by molar-refractivity contribution is 14.1. The van der Waals surface area contributed by atoms with Gasteiger partial charge in [0.25, 0.3) is 0 Å². The first kappa shape index (κ1) is 26.1. The van der Waals surface area contributed by atoms with E-state index in [2.05, 4.69) is 71.1 Å². The van der Waals surface area contributed by atoms with E-state index in [1.807, 2.05) is 48.5 Å². The van der Waals surface area contributed by atoms with E-state index in [9.17, 15) is 9.90 Å². The fraction of sp³-hybridized carbons (Fsp3) is 0.345. The van der Waals surface area contributed by atoms with E-state index in [4.69, 9.17) is 9.47 Å². The van der Waals surface area contributed by atoms with E-state index in [1.165, 1.54) is 9.13 Å². The van der Waals surface area contributed by atoms with E-state index >= 15 is 0 Å². The maximum absolute atomic E-state index is 12.2. The molecule has 0 spiro atoms. The standard InChI is InChI=1S/C29H33IO4/c1-17-12-22(13-18(2)27(17)32)26(21-8-10-24(30)11-9-21)23-14-19(3)28(20(4)15-23)33-16-25(31)34-29(5,6)7/h8-15,26,32H,16H2,1-7H3. The van der Waals surface area contributed by atoms with Crippen molar-refractivity contribution in [3.05, 3.63) is 91.0 Å². The van der Waals surface area contributed by atoms with E-state index < -0.39 is 5.60 Å². The third kappa shape index (κ3) is 6.32. The van der Waals surface area contributed by atoms with Crippen LogP contribution in [0.5, 0.6) is 11.5 Å².